The van der Waals surface area contributed by atoms with E-state index in [0.717, 1.165) is 27.0 Å². The average Bonchev–Trinajstić information content (AvgIpc) is 2.67. The molecule has 0 atom stereocenters. The van der Waals surface area contributed by atoms with Crippen LogP contribution in [0.5, 0.6) is 5.75 Å². The van der Waals surface area contributed by atoms with Crippen molar-refractivity contribution in [2.75, 3.05) is 5.32 Å². The van der Waals surface area contributed by atoms with Gasteiger partial charge in [-0.25, -0.2) is 4.79 Å². The van der Waals surface area contributed by atoms with Crippen molar-refractivity contribution < 1.29 is 14.6 Å². The van der Waals surface area contributed by atoms with Gasteiger partial charge >= 0.3 is 5.97 Å². The summed E-state index contributed by atoms with van der Waals surface area (Å²) in [5.41, 5.74) is 3.62. The fourth-order valence-electron chi connectivity index (χ4n) is 2.85. The Labute approximate surface area is 177 Å². The Morgan fingerprint density at radius 1 is 1.11 bits per heavy atom. The van der Waals surface area contributed by atoms with Gasteiger partial charge in [0.25, 0.3) is 0 Å². The number of carboxylic acid groups (broad SMARTS) is 1. The molecule has 0 saturated heterocycles. The van der Waals surface area contributed by atoms with E-state index < -0.39 is 5.97 Å². The zero-order valence-electron chi connectivity index (χ0n) is 15.2. The molecule has 0 bridgehead atoms. The Balaban J connectivity index is 1.77. The number of ether oxygens (including phenoxy) is 1. The maximum absolute atomic E-state index is 11.3. The molecule has 0 aliphatic heterocycles. The van der Waals surface area contributed by atoms with Crippen molar-refractivity contribution in [2.45, 2.75) is 20.1 Å². The van der Waals surface area contributed by atoms with E-state index in [2.05, 4.69) is 21.2 Å². The molecule has 2 N–H and O–H groups in total. The fraction of sp³-hybridized carbons (Fsp3) is 0.136. The second-order valence-electron chi connectivity index (χ2n) is 6.27. The SMILES string of the molecule is Cc1c(NCc2cc(Br)ccc2OCc2ccccc2Cl)cccc1C(=O)O. The molecule has 0 aromatic heterocycles. The smallest absolute Gasteiger partial charge is 0.336 e. The van der Waals surface area contributed by atoms with Crippen molar-refractivity contribution in [1.29, 1.82) is 0 Å². The second-order valence-corrected chi connectivity index (χ2v) is 7.59. The van der Waals surface area contributed by atoms with Crippen LogP contribution in [0.1, 0.15) is 27.0 Å². The normalized spacial score (nSPS) is 10.5. The number of hydrogen-bond acceptors (Lipinski definition) is 3. The third kappa shape index (κ3) is 4.86. The summed E-state index contributed by atoms with van der Waals surface area (Å²) in [7, 11) is 0. The van der Waals surface area contributed by atoms with E-state index in [1.54, 1.807) is 19.1 Å². The Morgan fingerprint density at radius 3 is 2.64 bits per heavy atom. The van der Waals surface area contributed by atoms with Crippen LogP contribution < -0.4 is 10.1 Å². The molecule has 0 saturated carbocycles. The van der Waals surface area contributed by atoms with E-state index in [0.29, 0.717) is 23.7 Å². The van der Waals surface area contributed by atoms with E-state index in [-0.39, 0.29) is 5.56 Å². The van der Waals surface area contributed by atoms with Gasteiger partial charge in [0.1, 0.15) is 12.4 Å². The molecule has 0 aliphatic carbocycles. The third-order valence-electron chi connectivity index (χ3n) is 4.40. The van der Waals surface area contributed by atoms with Crippen LogP contribution in [0.15, 0.2) is 65.1 Å². The number of benzene rings is 3. The molecule has 3 rings (SSSR count). The van der Waals surface area contributed by atoms with Gasteiger partial charge in [0.15, 0.2) is 0 Å². The fourth-order valence-corrected chi connectivity index (χ4v) is 3.45. The Bertz CT molecular complexity index is 1010. The van der Waals surface area contributed by atoms with Crippen molar-refractivity contribution in [3.8, 4) is 5.75 Å². The quantitative estimate of drug-likeness (QED) is 0.434. The summed E-state index contributed by atoms with van der Waals surface area (Å²) in [6.45, 7) is 2.64. The molecule has 0 heterocycles. The molecule has 0 radical (unpaired) electrons. The van der Waals surface area contributed by atoms with Crippen molar-refractivity contribution >= 4 is 39.2 Å². The van der Waals surface area contributed by atoms with Gasteiger partial charge in [-0.3, -0.25) is 0 Å². The van der Waals surface area contributed by atoms with Gasteiger partial charge in [-0.1, -0.05) is 51.8 Å². The molecule has 144 valence electrons. The van der Waals surface area contributed by atoms with Crippen molar-refractivity contribution in [3.63, 3.8) is 0 Å². The highest BCUT2D eigenvalue weighted by Crippen LogP contribution is 2.27. The lowest BCUT2D eigenvalue weighted by Gasteiger charge is -2.15. The minimum atomic E-state index is -0.938. The molecule has 3 aromatic carbocycles. The molecule has 0 fully saturated rings. The number of halogens is 2. The summed E-state index contributed by atoms with van der Waals surface area (Å²) < 4.78 is 6.94. The lowest BCUT2D eigenvalue weighted by atomic mass is 10.1. The number of nitrogens with one attached hydrogen (secondary N) is 1. The molecule has 0 unspecified atom stereocenters. The molecular formula is C22H19BrClNO3. The minimum Gasteiger partial charge on any atom is -0.488 e. The van der Waals surface area contributed by atoms with Crippen LogP contribution in [0.2, 0.25) is 5.02 Å². The summed E-state index contributed by atoms with van der Waals surface area (Å²) in [6.07, 6.45) is 0. The number of anilines is 1. The van der Waals surface area contributed by atoms with Gasteiger partial charge in [-0.05, 0) is 48.9 Å². The minimum absolute atomic E-state index is 0.287. The number of carboxylic acids is 1. The number of aromatic carboxylic acids is 1. The first-order valence-corrected chi connectivity index (χ1v) is 9.84. The predicted octanol–water partition coefficient (Wildman–Crippen LogP) is 6.30. The maximum atomic E-state index is 11.3. The molecule has 0 amide bonds. The molecule has 3 aromatic rings. The summed E-state index contributed by atoms with van der Waals surface area (Å²) >= 11 is 9.70. The summed E-state index contributed by atoms with van der Waals surface area (Å²) in [5, 5.41) is 13.3. The van der Waals surface area contributed by atoms with Gasteiger partial charge < -0.3 is 15.2 Å². The molecule has 0 spiro atoms. The van der Waals surface area contributed by atoms with Crippen LogP contribution in [-0.2, 0) is 13.2 Å². The van der Waals surface area contributed by atoms with Gasteiger partial charge in [0, 0.05) is 32.9 Å². The number of carbonyl (C=O) groups is 1. The Kier molecular flexibility index (Phi) is 6.60. The van der Waals surface area contributed by atoms with Crippen LogP contribution in [-0.4, -0.2) is 11.1 Å². The highest BCUT2D eigenvalue weighted by atomic mass is 79.9. The first kappa shape index (κ1) is 20.2. The van der Waals surface area contributed by atoms with Crippen LogP contribution in [0.4, 0.5) is 5.69 Å². The van der Waals surface area contributed by atoms with Crippen molar-refractivity contribution in [3.05, 3.63) is 92.4 Å². The number of hydrogen-bond donors (Lipinski definition) is 2. The molecule has 28 heavy (non-hydrogen) atoms. The first-order valence-electron chi connectivity index (χ1n) is 8.67. The highest BCUT2D eigenvalue weighted by molar-refractivity contribution is 9.10. The Morgan fingerprint density at radius 2 is 1.89 bits per heavy atom. The lowest BCUT2D eigenvalue weighted by Crippen LogP contribution is -2.07. The zero-order valence-corrected chi connectivity index (χ0v) is 17.5. The lowest BCUT2D eigenvalue weighted by molar-refractivity contribution is 0.0696. The van der Waals surface area contributed by atoms with Crippen LogP contribution in [0, 0.1) is 6.92 Å². The molecular weight excluding hydrogens is 442 g/mol. The van der Waals surface area contributed by atoms with Gasteiger partial charge in [-0.15, -0.1) is 0 Å². The van der Waals surface area contributed by atoms with Crippen LogP contribution >= 0.6 is 27.5 Å². The van der Waals surface area contributed by atoms with Crippen LogP contribution in [0.3, 0.4) is 0 Å². The summed E-state index contributed by atoms with van der Waals surface area (Å²) in [4.78, 5) is 11.3. The summed E-state index contributed by atoms with van der Waals surface area (Å²) in [5.74, 6) is -0.199. The van der Waals surface area contributed by atoms with Crippen molar-refractivity contribution in [2.24, 2.45) is 0 Å². The number of rotatable bonds is 7. The predicted molar refractivity (Wildman–Crippen MR) is 115 cm³/mol. The van der Waals surface area contributed by atoms with E-state index in [4.69, 9.17) is 16.3 Å². The summed E-state index contributed by atoms with van der Waals surface area (Å²) in [6, 6.07) is 18.6. The van der Waals surface area contributed by atoms with E-state index >= 15 is 0 Å². The molecule has 6 heteroatoms. The highest BCUT2D eigenvalue weighted by Gasteiger charge is 2.11. The standard InChI is InChI=1S/C22H19BrClNO3/c1-14-18(22(26)27)6-4-8-20(14)25-12-16-11-17(23)9-10-21(16)28-13-15-5-2-3-7-19(15)24/h2-11,25H,12-13H2,1H3,(H,26,27). The largest absolute Gasteiger partial charge is 0.488 e. The van der Waals surface area contributed by atoms with Crippen molar-refractivity contribution in [1.82, 2.24) is 0 Å². The maximum Gasteiger partial charge on any atom is 0.336 e. The first-order chi connectivity index (χ1) is 13.5. The van der Waals surface area contributed by atoms with E-state index in [1.165, 1.54) is 0 Å². The van der Waals surface area contributed by atoms with E-state index in [1.807, 2.05) is 48.5 Å². The molecule has 4 nitrogen and oxygen atoms in total. The average molecular weight is 461 g/mol. The second kappa shape index (κ2) is 9.13. The van der Waals surface area contributed by atoms with Gasteiger partial charge in [0.2, 0.25) is 0 Å². The Hall–Kier alpha value is -2.50. The van der Waals surface area contributed by atoms with Crippen LogP contribution in [0.25, 0.3) is 0 Å². The third-order valence-corrected chi connectivity index (χ3v) is 5.26. The van der Waals surface area contributed by atoms with Gasteiger partial charge in [0.05, 0.1) is 5.56 Å². The monoisotopic (exact) mass is 459 g/mol. The van der Waals surface area contributed by atoms with E-state index in [9.17, 15) is 9.90 Å². The topological polar surface area (TPSA) is 58.6 Å². The zero-order chi connectivity index (χ0) is 20.1. The molecule has 0 aliphatic rings. The van der Waals surface area contributed by atoms with Gasteiger partial charge in [-0.2, -0.15) is 0 Å².